The number of carboxylic acid groups (broad SMARTS) is 1. The largest absolute Gasteiger partial charge is 0.480 e. The van der Waals surface area contributed by atoms with E-state index in [-0.39, 0.29) is 43.9 Å². The predicted molar refractivity (Wildman–Crippen MR) is 136 cm³/mol. The van der Waals surface area contributed by atoms with Gasteiger partial charge in [-0.15, -0.1) is 0 Å². The molecular formula is C20H34N10O6S. The third kappa shape index (κ3) is 12.1. The number of nitrogens with one attached hydrogen (secondary N) is 4. The van der Waals surface area contributed by atoms with Gasteiger partial charge in [-0.05, 0) is 19.3 Å². The second-order valence-electron chi connectivity index (χ2n) is 8.05. The maximum absolute atomic E-state index is 13.1. The van der Waals surface area contributed by atoms with E-state index in [4.69, 9.17) is 22.9 Å². The van der Waals surface area contributed by atoms with Gasteiger partial charge in [0, 0.05) is 37.0 Å². The summed E-state index contributed by atoms with van der Waals surface area (Å²) >= 11 is 3.98. The summed E-state index contributed by atoms with van der Waals surface area (Å²) in [6.07, 6.45) is 2.60. The van der Waals surface area contributed by atoms with Gasteiger partial charge in [0.1, 0.15) is 18.1 Å². The minimum Gasteiger partial charge on any atom is -0.480 e. The lowest BCUT2D eigenvalue weighted by atomic mass is 10.1. The van der Waals surface area contributed by atoms with Gasteiger partial charge >= 0.3 is 5.97 Å². The van der Waals surface area contributed by atoms with Crippen LogP contribution >= 0.6 is 12.6 Å². The number of imidazole rings is 1. The SMILES string of the molecule is NC(=O)CCC(NC(=O)C(Cc1cnc[nH]1)NC(=O)C(CCCN=C(N)N)NC(=O)C(N)CS)C(=O)O. The summed E-state index contributed by atoms with van der Waals surface area (Å²) in [5.74, 6) is -4.42. The molecule has 1 aromatic rings. The van der Waals surface area contributed by atoms with E-state index < -0.39 is 53.8 Å². The molecule has 0 bridgehead atoms. The topological polar surface area (TPSA) is 287 Å². The zero-order valence-corrected chi connectivity index (χ0v) is 20.9. The molecule has 13 N–H and O–H groups in total. The van der Waals surface area contributed by atoms with Gasteiger partial charge in [0.05, 0.1) is 12.4 Å². The van der Waals surface area contributed by atoms with Crippen molar-refractivity contribution < 1.29 is 29.1 Å². The Balaban J connectivity index is 3.07. The molecule has 0 aliphatic carbocycles. The number of primary amides is 1. The van der Waals surface area contributed by atoms with Crippen molar-refractivity contribution >= 4 is 48.2 Å². The zero-order chi connectivity index (χ0) is 28.0. The number of guanidine groups is 1. The van der Waals surface area contributed by atoms with Crippen molar-refractivity contribution in [3.63, 3.8) is 0 Å². The Bertz CT molecular complexity index is 953. The summed E-state index contributed by atoms with van der Waals surface area (Å²) < 4.78 is 0. The first-order chi connectivity index (χ1) is 17.4. The molecule has 16 nitrogen and oxygen atoms in total. The van der Waals surface area contributed by atoms with Crippen molar-refractivity contribution in [3.8, 4) is 0 Å². The lowest BCUT2D eigenvalue weighted by molar-refractivity contribution is -0.142. The molecule has 0 radical (unpaired) electrons. The number of nitrogens with two attached hydrogens (primary N) is 4. The van der Waals surface area contributed by atoms with E-state index in [1.807, 2.05) is 0 Å². The molecule has 0 aliphatic heterocycles. The monoisotopic (exact) mass is 542 g/mol. The first kappa shape index (κ1) is 31.2. The van der Waals surface area contributed by atoms with E-state index in [0.717, 1.165) is 0 Å². The van der Waals surface area contributed by atoms with Crippen molar-refractivity contribution in [1.29, 1.82) is 0 Å². The second kappa shape index (κ2) is 16.0. The summed E-state index contributed by atoms with van der Waals surface area (Å²) in [7, 11) is 0. The van der Waals surface area contributed by atoms with Gasteiger partial charge in [0.15, 0.2) is 5.96 Å². The molecule has 0 fully saturated rings. The van der Waals surface area contributed by atoms with Gasteiger partial charge < -0.3 is 49.0 Å². The summed E-state index contributed by atoms with van der Waals surface area (Å²) in [5, 5.41) is 16.8. The van der Waals surface area contributed by atoms with Gasteiger partial charge in [-0.1, -0.05) is 0 Å². The maximum atomic E-state index is 13.1. The van der Waals surface area contributed by atoms with Gasteiger partial charge in [-0.3, -0.25) is 24.2 Å². The Morgan fingerprint density at radius 1 is 1.00 bits per heavy atom. The van der Waals surface area contributed by atoms with Crippen LogP contribution in [0.25, 0.3) is 0 Å². The molecule has 0 saturated carbocycles. The summed E-state index contributed by atoms with van der Waals surface area (Å²) in [4.78, 5) is 71.6. The number of hydrogen-bond acceptors (Lipinski definition) is 9. The van der Waals surface area contributed by atoms with Gasteiger partial charge in [0.25, 0.3) is 0 Å². The molecule has 206 valence electrons. The number of nitrogens with zero attached hydrogens (tertiary/aromatic N) is 2. The molecule has 0 aromatic carbocycles. The van der Waals surface area contributed by atoms with Crippen LogP contribution in [0.4, 0.5) is 0 Å². The van der Waals surface area contributed by atoms with Crippen molar-refractivity contribution in [3.05, 3.63) is 18.2 Å². The third-order valence-electron chi connectivity index (χ3n) is 5.02. The highest BCUT2D eigenvalue weighted by atomic mass is 32.1. The maximum Gasteiger partial charge on any atom is 0.326 e. The standard InChI is InChI=1S/C20H34N10O6S/c21-11(8-37)16(32)28-12(2-1-5-26-20(23)24)17(33)30-14(6-10-7-25-9-27-10)18(34)29-13(19(35)36)3-4-15(22)31/h7,9,11-14,37H,1-6,8,21H2,(H2,22,31)(H,25,27)(H,28,32)(H,29,34)(H,30,33)(H,35,36)(H4,23,24,26). The molecule has 37 heavy (non-hydrogen) atoms. The van der Waals surface area contributed by atoms with Crippen molar-refractivity contribution in [1.82, 2.24) is 25.9 Å². The Hall–Kier alpha value is -3.86. The summed E-state index contributed by atoms with van der Waals surface area (Å²) in [6, 6.07) is -4.79. The van der Waals surface area contributed by atoms with Crippen LogP contribution in [0.5, 0.6) is 0 Å². The number of carbonyl (C=O) groups excluding carboxylic acids is 4. The lowest BCUT2D eigenvalue weighted by Crippen LogP contribution is -2.57. The minimum atomic E-state index is -1.43. The van der Waals surface area contributed by atoms with Crippen LogP contribution in [0.1, 0.15) is 31.4 Å². The highest BCUT2D eigenvalue weighted by molar-refractivity contribution is 7.80. The number of amides is 4. The number of H-pyrrole nitrogens is 1. The average molecular weight is 543 g/mol. The molecule has 1 rings (SSSR count). The fraction of sp³-hybridized carbons (Fsp3) is 0.550. The Kier molecular flexibility index (Phi) is 13.5. The number of rotatable bonds is 17. The van der Waals surface area contributed by atoms with Crippen LogP contribution in [0.2, 0.25) is 0 Å². The summed E-state index contributed by atoms with van der Waals surface area (Å²) in [5.41, 5.74) is 21.8. The van der Waals surface area contributed by atoms with Crippen LogP contribution in [-0.2, 0) is 30.4 Å². The fourth-order valence-electron chi connectivity index (χ4n) is 3.05. The molecule has 1 aromatic heterocycles. The molecule has 4 amide bonds. The quantitative estimate of drug-likeness (QED) is 0.0394. The zero-order valence-electron chi connectivity index (χ0n) is 20.1. The smallest absolute Gasteiger partial charge is 0.326 e. The van der Waals surface area contributed by atoms with Crippen molar-refractivity contribution in [2.75, 3.05) is 12.3 Å². The minimum absolute atomic E-state index is 0.0287. The predicted octanol–water partition coefficient (Wildman–Crippen LogP) is -3.93. The average Bonchev–Trinajstić information content (AvgIpc) is 3.34. The number of thiol groups is 1. The van der Waals surface area contributed by atoms with Gasteiger partial charge in [0.2, 0.25) is 23.6 Å². The van der Waals surface area contributed by atoms with E-state index >= 15 is 0 Å². The highest BCUT2D eigenvalue weighted by Crippen LogP contribution is 2.06. The molecular weight excluding hydrogens is 508 g/mol. The molecule has 0 saturated heterocycles. The van der Waals surface area contributed by atoms with Crippen LogP contribution in [0.15, 0.2) is 17.5 Å². The van der Waals surface area contributed by atoms with E-state index in [1.54, 1.807) is 0 Å². The first-order valence-electron chi connectivity index (χ1n) is 11.3. The van der Waals surface area contributed by atoms with Crippen molar-refractivity contribution in [2.45, 2.75) is 56.3 Å². The van der Waals surface area contributed by atoms with Crippen LogP contribution in [0.3, 0.4) is 0 Å². The van der Waals surface area contributed by atoms with Crippen molar-refractivity contribution in [2.24, 2.45) is 27.9 Å². The summed E-state index contributed by atoms with van der Waals surface area (Å²) in [6.45, 7) is 0.179. The highest BCUT2D eigenvalue weighted by Gasteiger charge is 2.30. The number of aromatic amines is 1. The number of aliphatic carboxylic acids is 1. The number of aromatic nitrogens is 2. The number of hydrogen-bond donors (Lipinski definition) is 10. The van der Waals surface area contributed by atoms with Gasteiger partial charge in [-0.2, -0.15) is 12.6 Å². The Morgan fingerprint density at radius 3 is 2.16 bits per heavy atom. The second-order valence-corrected chi connectivity index (χ2v) is 8.41. The van der Waals surface area contributed by atoms with E-state index in [9.17, 15) is 29.1 Å². The van der Waals surface area contributed by atoms with Crippen LogP contribution < -0.4 is 38.9 Å². The fourth-order valence-corrected chi connectivity index (χ4v) is 3.21. The molecule has 4 atom stereocenters. The normalized spacial score (nSPS) is 13.9. The Morgan fingerprint density at radius 2 is 1.62 bits per heavy atom. The molecule has 0 aliphatic rings. The lowest BCUT2D eigenvalue weighted by Gasteiger charge is -2.25. The number of aliphatic imine (C=N–C) groups is 1. The molecule has 1 heterocycles. The van der Waals surface area contributed by atoms with E-state index in [1.165, 1.54) is 12.5 Å². The van der Waals surface area contributed by atoms with Gasteiger partial charge in [-0.25, -0.2) is 9.78 Å². The van der Waals surface area contributed by atoms with Crippen LogP contribution in [0, 0.1) is 0 Å². The van der Waals surface area contributed by atoms with E-state index in [2.05, 4.69) is 43.5 Å². The first-order valence-corrected chi connectivity index (χ1v) is 11.9. The Labute approximate surface area is 218 Å². The molecule has 4 unspecified atom stereocenters. The third-order valence-corrected chi connectivity index (χ3v) is 5.41. The molecule has 17 heteroatoms. The van der Waals surface area contributed by atoms with Crippen LogP contribution in [-0.4, -0.2) is 87.1 Å². The number of carbonyl (C=O) groups is 5. The number of carboxylic acids is 1. The molecule has 0 spiro atoms. The van der Waals surface area contributed by atoms with E-state index in [0.29, 0.717) is 12.1 Å².